The van der Waals surface area contributed by atoms with E-state index in [2.05, 4.69) is 10.3 Å². The topological polar surface area (TPSA) is 111 Å². The second kappa shape index (κ2) is 8.74. The van der Waals surface area contributed by atoms with E-state index in [0.717, 1.165) is 12.1 Å². The van der Waals surface area contributed by atoms with Crippen LogP contribution in [0.1, 0.15) is 5.56 Å². The van der Waals surface area contributed by atoms with Gasteiger partial charge in [-0.3, -0.25) is 4.99 Å². The van der Waals surface area contributed by atoms with E-state index in [4.69, 9.17) is 10.9 Å². The average molecular weight is 394 g/mol. The van der Waals surface area contributed by atoms with Crippen molar-refractivity contribution in [1.82, 2.24) is 0 Å². The van der Waals surface area contributed by atoms with Crippen LogP contribution < -0.4 is 16.2 Å². The molecule has 2 rings (SSSR count). The molecule has 6 nitrogen and oxygen atoms in total. The minimum absolute atomic E-state index is 0.0888. The molecule has 0 saturated heterocycles. The zero-order valence-electron chi connectivity index (χ0n) is 14.6. The number of sulfonamides is 1. The number of rotatable bonds is 7. The molecule has 0 spiro atoms. The maximum atomic E-state index is 13.5. The molecule has 0 bridgehead atoms. The highest BCUT2D eigenvalue weighted by Gasteiger charge is 2.11. The summed E-state index contributed by atoms with van der Waals surface area (Å²) in [4.78, 5) is 3.84. The van der Waals surface area contributed by atoms with Crippen LogP contribution in [0.3, 0.4) is 0 Å². The number of nitrogens with one attached hydrogen (secondary N) is 1. The molecule has 0 atom stereocenters. The van der Waals surface area contributed by atoms with Gasteiger partial charge < -0.3 is 11.1 Å². The number of benzene rings is 2. The highest BCUT2D eigenvalue weighted by Crippen LogP contribution is 2.29. The number of hydrogen-bond acceptors (Lipinski definition) is 5. The molecule has 5 N–H and O–H groups in total. The molecule has 0 aliphatic heterocycles. The van der Waals surface area contributed by atoms with Gasteiger partial charge in [0.2, 0.25) is 10.0 Å². The van der Waals surface area contributed by atoms with Crippen LogP contribution in [0.15, 0.2) is 47.5 Å². The Morgan fingerprint density at radius 1 is 1.15 bits per heavy atom. The Balaban J connectivity index is 2.43. The molecule has 0 heterocycles. The third-order valence-corrected chi connectivity index (χ3v) is 4.46. The number of nitrogens with zero attached hydrogens (tertiary/aromatic N) is 1. The Hall–Kier alpha value is -2.78. The minimum atomic E-state index is -3.61. The van der Waals surface area contributed by atoms with Crippen LogP contribution in [0.2, 0.25) is 0 Å². The Morgan fingerprint density at radius 3 is 2.44 bits per heavy atom. The first-order valence-electron chi connectivity index (χ1n) is 7.93. The molecule has 9 heteroatoms. The maximum Gasteiger partial charge on any atom is 0.210 e. The van der Waals surface area contributed by atoms with Crippen LogP contribution in [-0.4, -0.2) is 34.0 Å². The van der Waals surface area contributed by atoms with Gasteiger partial charge in [-0.2, -0.15) is 0 Å². The highest BCUT2D eigenvalue weighted by atomic mass is 32.2. The van der Waals surface area contributed by atoms with Crippen LogP contribution in [0.5, 0.6) is 0 Å². The summed E-state index contributed by atoms with van der Waals surface area (Å²) >= 11 is 0. The second-order valence-electron chi connectivity index (χ2n) is 5.71. The predicted octanol–water partition coefficient (Wildman–Crippen LogP) is 2.33. The van der Waals surface area contributed by atoms with Gasteiger partial charge in [0.05, 0.1) is 5.75 Å². The first-order valence-corrected chi connectivity index (χ1v) is 9.65. The molecule has 0 amide bonds. The number of halogens is 2. The summed E-state index contributed by atoms with van der Waals surface area (Å²) in [5.74, 6) is -2.14. The average Bonchev–Trinajstić information content (AvgIpc) is 2.61. The van der Waals surface area contributed by atoms with E-state index in [-0.39, 0.29) is 12.3 Å². The fourth-order valence-corrected chi connectivity index (χ4v) is 2.75. The summed E-state index contributed by atoms with van der Waals surface area (Å²) in [5, 5.41) is 7.97. The summed E-state index contributed by atoms with van der Waals surface area (Å²) in [6.45, 7) is 0.0888. The van der Waals surface area contributed by atoms with Crippen LogP contribution in [0.4, 0.5) is 14.5 Å². The number of primary sulfonamides is 1. The fourth-order valence-electron chi connectivity index (χ4n) is 2.37. The molecule has 0 aliphatic carbocycles. The summed E-state index contributed by atoms with van der Waals surface area (Å²) < 4.78 is 48.9. The molecule has 0 radical (unpaired) electrons. The van der Waals surface area contributed by atoms with Gasteiger partial charge in [0.1, 0.15) is 0 Å². The lowest BCUT2D eigenvalue weighted by molar-refractivity contribution is 0.509. The smallest absolute Gasteiger partial charge is 0.210 e. The summed E-state index contributed by atoms with van der Waals surface area (Å²) in [5.41, 5.74) is 8.68. The predicted molar refractivity (Wildman–Crippen MR) is 105 cm³/mol. The Labute approximate surface area is 156 Å². The van der Waals surface area contributed by atoms with Crippen molar-refractivity contribution in [2.75, 3.05) is 24.7 Å². The van der Waals surface area contributed by atoms with Gasteiger partial charge in [-0.1, -0.05) is 12.1 Å². The molecular weight excluding hydrogens is 374 g/mol. The molecule has 2 aromatic rings. The number of nitrogens with two attached hydrogens (primary N) is 2. The van der Waals surface area contributed by atoms with Crippen molar-refractivity contribution in [1.29, 1.82) is 0 Å². The molecule has 144 valence electrons. The normalized spacial score (nSPS) is 12.5. The number of anilines is 1. The van der Waals surface area contributed by atoms with Gasteiger partial charge in [-0.25, -0.2) is 22.3 Å². The minimum Gasteiger partial charge on any atom is -0.398 e. The van der Waals surface area contributed by atoms with Crippen LogP contribution in [-0.2, 0) is 10.0 Å². The van der Waals surface area contributed by atoms with Crippen LogP contribution in [0, 0.1) is 11.6 Å². The monoisotopic (exact) mass is 394 g/mol. The molecule has 0 aliphatic rings. The van der Waals surface area contributed by atoms with Crippen LogP contribution in [0.25, 0.3) is 16.8 Å². The largest absolute Gasteiger partial charge is 0.398 e. The fraction of sp³-hybridized carbons (Fsp3) is 0.167. The van der Waals surface area contributed by atoms with Crippen LogP contribution >= 0.6 is 0 Å². The van der Waals surface area contributed by atoms with E-state index in [1.807, 2.05) is 0 Å². The van der Waals surface area contributed by atoms with E-state index in [1.54, 1.807) is 31.3 Å². The molecule has 2 aromatic carbocycles. The van der Waals surface area contributed by atoms with Crippen molar-refractivity contribution in [3.05, 3.63) is 59.7 Å². The lowest BCUT2D eigenvalue weighted by atomic mass is 10.00. The van der Waals surface area contributed by atoms with E-state index < -0.39 is 21.7 Å². The number of allylic oxidation sites excluding steroid dienone is 1. The molecule has 0 saturated carbocycles. The van der Waals surface area contributed by atoms with Gasteiger partial charge >= 0.3 is 0 Å². The first-order chi connectivity index (χ1) is 12.7. The van der Waals surface area contributed by atoms with Crippen molar-refractivity contribution >= 4 is 27.6 Å². The van der Waals surface area contributed by atoms with Gasteiger partial charge in [0, 0.05) is 36.8 Å². The van der Waals surface area contributed by atoms with Crippen molar-refractivity contribution in [3.63, 3.8) is 0 Å². The molecule has 0 aromatic heterocycles. The number of hydrogen-bond donors (Lipinski definition) is 3. The first kappa shape index (κ1) is 20.5. The lowest BCUT2D eigenvalue weighted by Crippen LogP contribution is -2.22. The van der Waals surface area contributed by atoms with E-state index in [9.17, 15) is 17.2 Å². The zero-order valence-corrected chi connectivity index (χ0v) is 15.4. The maximum absolute atomic E-state index is 13.5. The SMILES string of the molecule is CN=C/C=C(\N)c1cc(-c2ccc(F)c(F)c2)ccc1NCCS(N)(=O)=O. The van der Waals surface area contributed by atoms with E-state index >= 15 is 0 Å². The Bertz CT molecular complexity index is 989. The van der Waals surface area contributed by atoms with Gasteiger partial charge in [-0.15, -0.1) is 0 Å². The summed E-state index contributed by atoms with van der Waals surface area (Å²) in [7, 11) is -2.02. The summed E-state index contributed by atoms with van der Waals surface area (Å²) in [6.07, 6.45) is 3.09. The van der Waals surface area contributed by atoms with Crippen molar-refractivity contribution in [2.45, 2.75) is 0 Å². The third-order valence-electron chi connectivity index (χ3n) is 3.69. The molecule has 0 fully saturated rings. The standard InChI is InChI=1S/C18H20F2N4O2S/c1-23-7-6-17(21)14-10-12(13-2-4-15(19)16(20)11-13)3-5-18(14)24-8-9-27(22,25)26/h2-7,10-11,24H,8-9,21H2,1H3,(H2,22,25,26)/b17-6-,23-7?. The van der Waals surface area contributed by atoms with Gasteiger partial charge in [0.25, 0.3) is 0 Å². The van der Waals surface area contributed by atoms with E-state index in [1.165, 1.54) is 12.3 Å². The molecular formula is C18H20F2N4O2S. The summed E-state index contributed by atoms with van der Waals surface area (Å²) in [6, 6.07) is 8.66. The van der Waals surface area contributed by atoms with Crippen molar-refractivity contribution in [3.8, 4) is 11.1 Å². The Morgan fingerprint density at radius 2 is 1.81 bits per heavy atom. The number of aliphatic imine (C=N–C) groups is 1. The van der Waals surface area contributed by atoms with E-state index in [0.29, 0.717) is 28.1 Å². The zero-order chi connectivity index (χ0) is 20.0. The van der Waals surface area contributed by atoms with Gasteiger partial charge in [-0.05, 0) is 41.5 Å². The van der Waals surface area contributed by atoms with Crippen molar-refractivity contribution < 1.29 is 17.2 Å². The third kappa shape index (κ3) is 5.87. The molecule has 0 unspecified atom stereocenters. The quantitative estimate of drug-likeness (QED) is 0.626. The molecule has 27 heavy (non-hydrogen) atoms. The van der Waals surface area contributed by atoms with Crippen molar-refractivity contribution in [2.24, 2.45) is 15.9 Å². The highest BCUT2D eigenvalue weighted by molar-refractivity contribution is 7.89. The van der Waals surface area contributed by atoms with Gasteiger partial charge in [0.15, 0.2) is 11.6 Å². The Kier molecular flexibility index (Phi) is 6.65. The lowest BCUT2D eigenvalue weighted by Gasteiger charge is -2.14. The second-order valence-corrected chi connectivity index (χ2v) is 7.45.